The molecule has 96 valence electrons. The summed E-state index contributed by atoms with van der Waals surface area (Å²) in [4.78, 5) is 5.57. The topological polar surface area (TPSA) is 34.1 Å². The highest BCUT2D eigenvalue weighted by Crippen LogP contribution is 2.28. The van der Waals surface area contributed by atoms with Crippen molar-refractivity contribution >= 4 is 16.5 Å². The monoisotopic (exact) mass is 262 g/mol. The van der Waals surface area contributed by atoms with E-state index in [1.54, 1.807) is 11.3 Å². The molecule has 2 aromatic rings. The molecule has 0 radical (unpaired) electrons. The molecule has 0 fully saturated rings. The number of hydrogen-bond acceptors (Lipinski definition) is 4. The number of anilines is 1. The molecule has 1 N–H and O–H groups in total. The van der Waals surface area contributed by atoms with Crippen LogP contribution in [-0.2, 0) is 4.74 Å². The summed E-state index contributed by atoms with van der Waals surface area (Å²) < 4.78 is 5.29. The molecule has 0 amide bonds. The highest BCUT2D eigenvalue weighted by atomic mass is 32.1. The van der Waals surface area contributed by atoms with Gasteiger partial charge in [0, 0.05) is 26.0 Å². The van der Waals surface area contributed by atoms with Crippen LogP contribution in [0.3, 0.4) is 0 Å². The Hall–Kier alpha value is -1.39. The zero-order valence-electron chi connectivity index (χ0n) is 10.6. The predicted octanol–water partition coefficient (Wildman–Crippen LogP) is 3.65. The number of aromatic nitrogens is 1. The van der Waals surface area contributed by atoms with Crippen molar-refractivity contribution in [2.24, 2.45) is 0 Å². The summed E-state index contributed by atoms with van der Waals surface area (Å²) in [5.74, 6) is 0. The lowest BCUT2D eigenvalue weighted by atomic mass is 10.2. The van der Waals surface area contributed by atoms with Crippen molar-refractivity contribution in [3.8, 4) is 10.4 Å². The molecule has 0 saturated heterocycles. The Bertz CT molecular complexity index is 456. The summed E-state index contributed by atoms with van der Waals surface area (Å²) in [6.07, 6.45) is 2.93. The van der Waals surface area contributed by atoms with Crippen molar-refractivity contribution in [1.82, 2.24) is 4.98 Å². The molecule has 0 bridgehead atoms. The van der Waals surface area contributed by atoms with Gasteiger partial charge in [-0.15, -0.1) is 0 Å². The largest absolute Gasteiger partial charge is 0.382 e. The number of benzene rings is 1. The molecule has 1 aromatic heterocycles. The maximum atomic E-state index is 5.29. The third kappa shape index (κ3) is 3.82. The first-order chi connectivity index (χ1) is 8.90. The van der Waals surface area contributed by atoms with Gasteiger partial charge in [-0.25, -0.2) is 4.98 Å². The Morgan fingerprint density at radius 3 is 2.89 bits per heavy atom. The molecule has 0 unspecified atom stereocenters. The third-order valence-corrected chi connectivity index (χ3v) is 3.51. The van der Waals surface area contributed by atoms with Crippen molar-refractivity contribution in [3.05, 3.63) is 36.5 Å². The first kappa shape index (κ1) is 13.1. The van der Waals surface area contributed by atoms with Crippen LogP contribution in [0.25, 0.3) is 10.4 Å². The van der Waals surface area contributed by atoms with Crippen LogP contribution in [0.5, 0.6) is 0 Å². The lowest BCUT2D eigenvalue weighted by Crippen LogP contribution is -2.05. The second-order valence-corrected chi connectivity index (χ2v) is 4.90. The van der Waals surface area contributed by atoms with Crippen LogP contribution in [0.15, 0.2) is 36.5 Å². The van der Waals surface area contributed by atoms with E-state index in [0.717, 1.165) is 31.3 Å². The van der Waals surface area contributed by atoms with Gasteiger partial charge in [0.1, 0.15) is 0 Å². The van der Waals surface area contributed by atoms with Gasteiger partial charge in [-0.05, 0) is 18.9 Å². The molecule has 0 spiro atoms. The fraction of sp³-hybridized carbons (Fsp3) is 0.357. The van der Waals surface area contributed by atoms with E-state index in [4.69, 9.17) is 4.74 Å². The molecule has 1 heterocycles. The number of hydrogen-bond donors (Lipinski definition) is 1. The number of rotatable bonds is 7. The Kier molecular flexibility index (Phi) is 5.17. The normalized spacial score (nSPS) is 10.5. The molecular formula is C14H18N2OS. The minimum Gasteiger partial charge on any atom is -0.382 e. The minimum atomic E-state index is 0.787. The summed E-state index contributed by atoms with van der Waals surface area (Å²) in [6.45, 7) is 4.51. The van der Waals surface area contributed by atoms with E-state index in [-0.39, 0.29) is 0 Å². The predicted molar refractivity (Wildman–Crippen MR) is 77.1 cm³/mol. The zero-order valence-corrected chi connectivity index (χ0v) is 11.4. The average Bonchev–Trinajstić information content (AvgIpc) is 2.88. The Morgan fingerprint density at radius 2 is 2.11 bits per heavy atom. The molecule has 0 aliphatic heterocycles. The Morgan fingerprint density at radius 1 is 1.28 bits per heavy atom. The first-order valence-electron chi connectivity index (χ1n) is 6.23. The molecular weight excluding hydrogens is 244 g/mol. The number of nitrogens with zero attached hydrogens (tertiary/aromatic N) is 1. The van der Waals surface area contributed by atoms with Crippen LogP contribution in [0.2, 0.25) is 0 Å². The third-order valence-electron chi connectivity index (χ3n) is 2.51. The van der Waals surface area contributed by atoms with Crippen molar-refractivity contribution in [1.29, 1.82) is 0 Å². The summed E-state index contributed by atoms with van der Waals surface area (Å²) in [5.41, 5.74) is 1.22. The molecule has 0 aliphatic carbocycles. The summed E-state index contributed by atoms with van der Waals surface area (Å²) in [7, 11) is 0. The van der Waals surface area contributed by atoms with Gasteiger partial charge >= 0.3 is 0 Å². The zero-order chi connectivity index (χ0) is 12.6. The van der Waals surface area contributed by atoms with E-state index >= 15 is 0 Å². The first-order valence-corrected chi connectivity index (χ1v) is 7.04. The fourth-order valence-corrected chi connectivity index (χ4v) is 2.45. The highest BCUT2D eigenvalue weighted by Gasteiger charge is 2.02. The minimum absolute atomic E-state index is 0.787. The van der Waals surface area contributed by atoms with Gasteiger partial charge in [0.2, 0.25) is 0 Å². The standard InChI is InChI=1S/C14H18N2OS/c1-2-17-10-6-9-15-14-16-11-13(18-14)12-7-4-3-5-8-12/h3-5,7-8,11H,2,6,9-10H2,1H3,(H,15,16). The van der Waals surface area contributed by atoms with Crippen LogP contribution >= 0.6 is 11.3 Å². The molecule has 0 aliphatic rings. The van der Waals surface area contributed by atoms with Crippen LogP contribution < -0.4 is 5.32 Å². The molecule has 3 nitrogen and oxygen atoms in total. The van der Waals surface area contributed by atoms with E-state index in [1.165, 1.54) is 10.4 Å². The van der Waals surface area contributed by atoms with Gasteiger partial charge in [0.15, 0.2) is 5.13 Å². The van der Waals surface area contributed by atoms with E-state index in [9.17, 15) is 0 Å². The molecule has 4 heteroatoms. The van der Waals surface area contributed by atoms with E-state index in [0.29, 0.717) is 0 Å². The smallest absolute Gasteiger partial charge is 0.183 e. The number of ether oxygens (including phenoxy) is 1. The van der Waals surface area contributed by atoms with Gasteiger partial charge in [0.05, 0.1) is 4.88 Å². The molecule has 2 rings (SSSR count). The molecule has 0 saturated carbocycles. The van der Waals surface area contributed by atoms with Crippen LogP contribution in [-0.4, -0.2) is 24.7 Å². The lowest BCUT2D eigenvalue weighted by molar-refractivity contribution is 0.147. The second kappa shape index (κ2) is 7.13. The van der Waals surface area contributed by atoms with Crippen molar-refractivity contribution < 1.29 is 4.74 Å². The number of thiazole rings is 1. The Balaban J connectivity index is 1.83. The molecule has 1 aromatic carbocycles. The maximum Gasteiger partial charge on any atom is 0.183 e. The fourth-order valence-electron chi connectivity index (χ4n) is 1.61. The highest BCUT2D eigenvalue weighted by molar-refractivity contribution is 7.18. The van der Waals surface area contributed by atoms with Crippen molar-refractivity contribution in [2.45, 2.75) is 13.3 Å². The second-order valence-electron chi connectivity index (χ2n) is 3.87. The van der Waals surface area contributed by atoms with Crippen LogP contribution in [0.4, 0.5) is 5.13 Å². The SMILES string of the molecule is CCOCCCNc1ncc(-c2ccccc2)s1. The summed E-state index contributed by atoms with van der Waals surface area (Å²) in [5, 5.41) is 4.30. The summed E-state index contributed by atoms with van der Waals surface area (Å²) >= 11 is 1.69. The van der Waals surface area contributed by atoms with Gasteiger partial charge in [-0.3, -0.25) is 0 Å². The Labute approximate surface area is 112 Å². The van der Waals surface area contributed by atoms with E-state index in [2.05, 4.69) is 22.4 Å². The summed E-state index contributed by atoms with van der Waals surface area (Å²) in [6, 6.07) is 10.3. The van der Waals surface area contributed by atoms with Gasteiger partial charge < -0.3 is 10.1 Å². The van der Waals surface area contributed by atoms with Crippen molar-refractivity contribution in [2.75, 3.05) is 25.1 Å². The number of nitrogens with one attached hydrogen (secondary N) is 1. The molecule has 0 atom stereocenters. The maximum absolute atomic E-state index is 5.29. The van der Waals surface area contributed by atoms with Gasteiger partial charge in [-0.1, -0.05) is 41.7 Å². The van der Waals surface area contributed by atoms with Crippen molar-refractivity contribution in [3.63, 3.8) is 0 Å². The van der Waals surface area contributed by atoms with E-state index < -0.39 is 0 Å². The van der Waals surface area contributed by atoms with Crippen LogP contribution in [0.1, 0.15) is 13.3 Å². The van der Waals surface area contributed by atoms with Gasteiger partial charge in [0.25, 0.3) is 0 Å². The van der Waals surface area contributed by atoms with Crippen LogP contribution in [0, 0.1) is 0 Å². The van der Waals surface area contributed by atoms with Gasteiger partial charge in [-0.2, -0.15) is 0 Å². The average molecular weight is 262 g/mol. The van der Waals surface area contributed by atoms with E-state index in [1.807, 2.05) is 31.3 Å². The quantitative estimate of drug-likeness (QED) is 0.773. The molecule has 18 heavy (non-hydrogen) atoms. The lowest BCUT2D eigenvalue weighted by Gasteiger charge is -2.02.